The second-order valence-corrected chi connectivity index (χ2v) is 6.99. The molecular weight excluding hydrogens is 378 g/mol. The van der Waals surface area contributed by atoms with Gasteiger partial charge in [-0.05, 0) is 68.0 Å². The number of hydrogen-bond donors (Lipinski definition) is 0. The van der Waals surface area contributed by atoms with Crippen LogP contribution in [0.5, 0.6) is 11.5 Å². The van der Waals surface area contributed by atoms with Gasteiger partial charge in [-0.1, -0.05) is 41.6 Å². The summed E-state index contributed by atoms with van der Waals surface area (Å²) < 4.78 is 17.4. The summed E-state index contributed by atoms with van der Waals surface area (Å²) >= 11 is 0. The highest BCUT2D eigenvalue weighted by atomic mass is 16.6. The molecule has 0 unspecified atom stereocenters. The van der Waals surface area contributed by atoms with Gasteiger partial charge < -0.3 is 19.0 Å². The average molecular weight is 412 g/mol. The van der Waals surface area contributed by atoms with Crippen molar-refractivity contribution in [2.24, 2.45) is 5.16 Å². The largest absolute Gasteiger partial charge is 0.491 e. The quantitative estimate of drug-likeness (QED) is 0.195. The Labute approximate surface area is 180 Å². The molecule has 0 aliphatic heterocycles. The van der Waals surface area contributed by atoms with Crippen LogP contribution in [0.4, 0.5) is 0 Å². The van der Waals surface area contributed by atoms with Crippen LogP contribution in [0.2, 0.25) is 0 Å². The van der Waals surface area contributed by atoms with Crippen LogP contribution >= 0.6 is 0 Å². The molecule has 162 valence electrons. The standard InChI is InChI=1S/C25H33NO4/c1-5-6-14-29-24-17-20(2)25(21(3)18-24)30-16-15-28-13-7-8-22-9-11-23(12-10-22)19-26-27-4/h5-6,9-12,17-19H,7-8,13-16H2,1-4H3/b6-5+,26-19+. The van der Waals surface area contributed by atoms with Crippen molar-refractivity contribution in [2.45, 2.75) is 33.6 Å². The third-order valence-corrected chi connectivity index (χ3v) is 4.53. The number of nitrogens with zero attached hydrogens (tertiary/aromatic N) is 1. The van der Waals surface area contributed by atoms with E-state index in [4.69, 9.17) is 14.2 Å². The fourth-order valence-electron chi connectivity index (χ4n) is 3.03. The maximum Gasteiger partial charge on any atom is 0.125 e. The van der Waals surface area contributed by atoms with Gasteiger partial charge in [0.15, 0.2) is 0 Å². The number of allylic oxidation sites excluding steroid dienone is 1. The predicted molar refractivity (Wildman–Crippen MR) is 122 cm³/mol. The molecule has 0 heterocycles. The van der Waals surface area contributed by atoms with Gasteiger partial charge in [-0.25, -0.2) is 0 Å². The van der Waals surface area contributed by atoms with Crippen molar-refractivity contribution in [1.29, 1.82) is 0 Å². The van der Waals surface area contributed by atoms with Crippen molar-refractivity contribution in [2.75, 3.05) is 33.5 Å². The Balaban J connectivity index is 1.65. The Morgan fingerprint density at radius 1 is 0.933 bits per heavy atom. The number of hydrogen-bond acceptors (Lipinski definition) is 5. The maximum atomic E-state index is 5.94. The molecule has 0 amide bonds. The second kappa shape index (κ2) is 13.4. The van der Waals surface area contributed by atoms with Crippen LogP contribution in [0.3, 0.4) is 0 Å². The lowest BCUT2D eigenvalue weighted by Crippen LogP contribution is -2.09. The zero-order valence-corrected chi connectivity index (χ0v) is 18.5. The lowest BCUT2D eigenvalue weighted by atomic mass is 10.1. The van der Waals surface area contributed by atoms with Gasteiger partial charge in [0.25, 0.3) is 0 Å². The minimum atomic E-state index is 0.536. The minimum absolute atomic E-state index is 0.536. The van der Waals surface area contributed by atoms with E-state index in [-0.39, 0.29) is 0 Å². The number of ether oxygens (including phenoxy) is 3. The lowest BCUT2D eigenvalue weighted by molar-refractivity contribution is 0.0980. The molecule has 2 aromatic rings. The average Bonchev–Trinajstić information content (AvgIpc) is 2.74. The summed E-state index contributed by atoms with van der Waals surface area (Å²) in [5.41, 5.74) is 4.46. The molecule has 0 radical (unpaired) electrons. The highest BCUT2D eigenvalue weighted by Crippen LogP contribution is 2.28. The molecule has 0 fully saturated rings. The first-order valence-corrected chi connectivity index (χ1v) is 10.3. The first kappa shape index (κ1) is 23.5. The summed E-state index contributed by atoms with van der Waals surface area (Å²) in [5.74, 6) is 1.78. The Morgan fingerprint density at radius 2 is 1.67 bits per heavy atom. The van der Waals surface area contributed by atoms with Crippen molar-refractivity contribution < 1.29 is 19.0 Å². The van der Waals surface area contributed by atoms with E-state index >= 15 is 0 Å². The van der Waals surface area contributed by atoms with Crippen LogP contribution in [0.15, 0.2) is 53.7 Å². The summed E-state index contributed by atoms with van der Waals surface area (Å²) in [4.78, 5) is 4.69. The molecule has 0 aromatic heterocycles. The molecule has 0 aliphatic rings. The Bertz CT molecular complexity index is 789. The van der Waals surface area contributed by atoms with Crippen LogP contribution in [0.25, 0.3) is 0 Å². The van der Waals surface area contributed by atoms with Crippen LogP contribution in [0.1, 0.15) is 35.6 Å². The number of oxime groups is 1. The summed E-state index contributed by atoms with van der Waals surface area (Å²) in [6, 6.07) is 12.3. The predicted octanol–water partition coefficient (Wildman–Crippen LogP) is 5.27. The van der Waals surface area contributed by atoms with Crippen LogP contribution < -0.4 is 9.47 Å². The van der Waals surface area contributed by atoms with E-state index < -0.39 is 0 Å². The highest BCUT2D eigenvalue weighted by Gasteiger charge is 2.07. The van der Waals surface area contributed by atoms with Crippen molar-refractivity contribution >= 4 is 6.21 Å². The molecule has 0 N–H and O–H groups in total. The van der Waals surface area contributed by atoms with E-state index in [9.17, 15) is 0 Å². The molecule has 2 aromatic carbocycles. The molecule has 2 rings (SSSR count). The zero-order chi connectivity index (χ0) is 21.6. The molecule has 30 heavy (non-hydrogen) atoms. The lowest BCUT2D eigenvalue weighted by Gasteiger charge is -2.14. The minimum Gasteiger partial charge on any atom is -0.491 e. The fraction of sp³-hybridized carbons (Fsp3) is 0.400. The third-order valence-electron chi connectivity index (χ3n) is 4.53. The zero-order valence-electron chi connectivity index (χ0n) is 18.5. The van der Waals surface area contributed by atoms with Crippen LogP contribution in [-0.2, 0) is 16.0 Å². The van der Waals surface area contributed by atoms with E-state index in [1.807, 2.05) is 57.2 Å². The molecule has 0 bridgehead atoms. The van der Waals surface area contributed by atoms with Gasteiger partial charge in [0, 0.05) is 6.61 Å². The molecule has 0 atom stereocenters. The first-order valence-electron chi connectivity index (χ1n) is 10.3. The molecule has 0 aliphatic carbocycles. The molecular formula is C25H33NO4. The second-order valence-electron chi connectivity index (χ2n) is 6.99. The van der Waals surface area contributed by atoms with Crippen molar-refractivity contribution in [3.05, 3.63) is 70.8 Å². The van der Waals surface area contributed by atoms with Gasteiger partial charge in [0.05, 0.1) is 12.8 Å². The molecule has 0 saturated carbocycles. The van der Waals surface area contributed by atoms with Gasteiger partial charge in [-0.3, -0.25) is 0 Å². The molecule has 5 nitrogen and oxygen atoms in total. The van der Waals surface area contributed by atoms with E-state index in [2.05, 4.69) is 22.1 Å². The topological polar surface area (TPSA) is 49.3 Å². The van der Waals surface area contributed by atoms with E-state index in [1.54, 1.807) is 6.21 Å². The van der Waals surface area contributed by atoms with Gasteiger partial charge >= 0.3 is 0 Å². The van der Waals surface area contributed by atoms with Crippen LogP contribution in [0, 0.1) is 13.8 Å². The van der Waals surface area contributed by atoms with E-state index in [0.29, 0.717) is 26.4 Å². The van der Waals surface area contributed by atoms with Crippen molar-refractivity contribution in [3.8, 4) is 11.5 Å². The van der Waals surface area contributed by atoms with Gasteiger partial charge in [0.2, 0.25) is 0 Å². The van der Waals surface area contributed by atoms with E-state index in [1.165, 1.54) is 12.7 Å². The van der Waals surface area contributed by atoms with E-state index in [0.717, 1.165) is 41.0 Å². The summed E-state index contributed by atoms with van der Waals surface area (Å²) in [6.07, 6.45) is 7.61. The molecule has 0 spiro atoms. The number of rotatable bonds is 13. The third kappa shape index (κ3) is 8.29. The van der Waals surface area contributed by atoms with Gasteiger partial charge in [-0.15, -0.1) is 0 Å². The number of benzene rings is 2. The summed E-state index contributed by atoms with van der Waals surface area (Å²) in [6.45, 7) is 8.47. The Hall–Kier alpha value is -2.79. The molecule has 5 heteroatoms. The van der Waals surface area contributed by atoms with Crippen LogP contribution in [-0.4, -0.2) is 39.8 Å². The normalized spacial score (nSPS) is 11.3. The van der Waals surface area contributed by atoms with Crippen molar-refractivity contribution in [3.63, 3.8) is 0 Å². The Morgan fingerprint density at radius 3 is 2.33 bits per heavy atom. The highest BCUT2D eigenvalue weighted by molar-refractivity contribution is 5.79. The molecule has 0 saturated heterocycles. The Kier molecular flexibility index (Phi) is 10.5. The van der Waals surface area contributed by atoms with Gasteiger partial charge in [-0.2, -0.15) is 0 Å². The number of aryl methyl sites for hydroxylation is 3. The maximum absolute atomic E-state index is 5.94. The van der Waals surface area contributed by atoms with Gasteiger partial charge in [0.1, 0.15) is 31.8 Å². The monoisotopic (exact) mass is 411 g/mol. The fourth-order valence-corrected chi connectivity index (χ4v) is 3.03. The smallest absolute Gasteiger partial charge is 0.125 e. The van der Waals surface area contributed by atoms with Crippen molar-refractivity contribution in [1.82, 2.24) is 0 Å². The SMILES string of the molecule is C/C=C/COc1cc(C)c(OCCOCCCc2ccc(/C=N/OC)cc2)c(C)c1. The summed E-state index contributed by atoms with van der Waals surface area (Å²) in [7, 11) is 1.54. The first-order chi connectivity index (χ1) is 14.6. The summed E-state index contributed by atoms with van der Waals surface area (Å²) in [5, 5.41) is 3.76.